The Morgan fingerprint density at radius 2 is 2.25 bits per heavy atom. The third-order valence-electron chi connectivity index (χ3n) is 2.44. The average molecular weight is 222 g/mol. The zero-order chi connectivity index (χ0) is 12.0. The zero-order valence-corrected chi connectivity index (χ0v) is 9.81. The van der Waals surface area contributed by atoms with Crippen LogP contribution >= 0.6 is 0 Å². The van der Waals surface area contributed by atoms with Crippen LogP contribution in [-0.2, 0) is 0 Å². The lowest BCUT2D eigenvalue weighted by atomic mass is 10.2. The molecule has 0 amide bonds. The summed E-state index contributed by atoms with van der Waals surface area (Å²) >= 11 is 0. The minimum Gasteiger partial charge on any atom is -0.396 e. The first-order chi connectivity index (χ1) is 7.69. The fraction of sp³-hybridized carbons (Fsp3) is 0.500. The molecule has 4 heteroatoms. The van der Waals surface area contributed by atoms with Gasteiger partial charge in [-0.15, -0.1) is 0 Å². The molecule has 1 rings (SSSR count). The first-order valence-electron chi connectivity index (χ1n) is 5.51. The molecule has 1 aromatic rings. The van der Waals surface area contributed by atoms with Crippen LogP contribution in [0.15, 0.2) is 18.3 Å². The number of anilines is 1. The number of pyridine rings is 1. The van der Waals surface area contributed by atoms with Crippen molar-refractivity contribution in [3.05, 3.63) is 24.0 Å². The van der Waals surface area contributed by atoms with E-state index in [1.807, 2.05) is 6.07 Å². The molecule has 1 aromatic heterocycles. The minimum absolute atomic E-state index is 0.0232. The molecule has 0 atom stereocenters. The number of aromatic nitrogens is 1. The predicted molar refractivity (Wildman–Crippen MR) is 63.8 cm³/mol. The van der Waals surface area contributed by atoms with E-state index in [1.165, 1.54) is 6.92 Å². The fourth-order valence-corrected chi connectivity index (χ4v) is 1.51. The maximum Gasteiger partial charge on any atom is 0.178 e. The van der Waals surface area contributed by atoms with Crippen molar-refractivity contribution in [1.29, 1.82) is 0 Å². The Labute approximate surface area is 95.9 Å². The molecule has 0 bridgehead atoms. The smallest absolute Gasteiger partial charge is 0.178 e. The summed E-state index contributed by atoms with van der Waals surface area (Å²) in [5.41, 5.74) is 1.47. The second kappa shape index (κ2) is 6.23. The van der Waals surface area contributed by atoms with Crippen LogP contribution in [0.4, 0.5) is 5.69 Å². The highest BCUT2D eigenvalue weighted by atomic mass is 16.3. The number of ketones is 1. The number of aliphatic hydroxyl groups excluding tert-OH is 1. The van der Waals surface area contributed by atoms with Crippen molar-refractivity contribution in [2.45, 2.75) is 20.3 Å². The normalized spacial score (nSPS) is 10.2. The topological polar surface area (TPSA) is 53.4 Å². The Balaban J connectivity index is 2.74. The number of hydrogen-bond donors (Lipinski definition) is 1. The predicted octanol–water partition coefficient (Wildman–Crippen LogP) is 1.49. The van der Waals surface area contributed by atoms with Gasteiger partial charge in [0.2, 0.25) is 0 Å². The lowest BCUT2D eigenvalue weighted by Gasteiger charge is -2.22. The summed E-state index contributed by atoms with van der Waals surface area (Å²) in [6, 6.07) is 3.63. The first-order valence-corrected chi connectivity index (χ1v) is 5.51. The van der Waals surface area contributed by atoms with Crippen molar-refractivity contribution in [2.24, 2.45) is 0 Å². The number of Topliss-reactive ketones (excluding diaryl/α,β-unsaturated/α-hetero) is 1. The van der Waals surface area contributed by atoms with E-state index in [-0.39, 0.29) is 12.4 Å². The van der Waals surface area contributed by atoms with Gasteiger partial charge in [-0.1, -0.05) is 0 Å². The molecule has 1 heterocycles. The van der Waals surface area contributed by atoms with Crippen LogP contribution < -0.4 is 4.90 Å². The van der Waals surface area contributed by atoms with Crippen molar-refractivity contribution < 1.29 is 9.90 Å². The van der Waals surface area contributed by atoms with Gasteiger partial charge < -0.3 is 10.0 Å². The van der Waals surface area contributed by atoms with Gasteiger partial charge in [0, 0.05) is 26.6 Å². The Kier molecular flexibility index (Phi) is 4.92. The minimum atomic E-state index is -0.0232. The summed E-state index contributed by atoms with van der Waals surface area (Å²) in [7, 11) is 0. The Morgan fingerprint density at radius 1 is 1.50 bits per heavy atom. The molecule has 0 radical (unpaired) electrons. The molecule has 16 heavy (non-hydrogen) atoms. The largest absolute Gasteiger partial charge is 0.396 e. The molecule has 4 nitrogen and oxygen atoms in total. The van der Waals surface area contributed by atoms with Crippen LogP contribution in [0.3, 0.4) is 0 Å². The second-order valence-electron chi connectivity index (χ2n) is 3.61. The van der Waals surface area contributed by atoms with Crippen LogP contribution in [-0.4, -0.2) is 35.6 Å². The number of carbonyl (C=O) groups excluding carboxylic acids is 1. The summed E-state index contributed by atoms with van der Waals surface area (Å²) in [6.45, 7) is 5.41. The van der Waals surface area contributed by atoms with Crippen LogP contribution in [0.5, 0.6) is 0 Å². The van der Waals surface area contributed by atoms with Gasteiger partial charge in [0.05, 0.1) is 11.9 Å². The highest BCUT2D eigenvalue weighted by Gasteiger charge is 2.05. The highest BCUT2D eigenvalue weighted by Crippen LogP contribution is 2.13. The van der Waals surface area contributed by atoms with Gasteiger partial charge >= 0.3 is 0 Å². The number of carbonyl (C=O) groups is 1. The molecule has 1 N–H and O–H groups in total. The first kappa shape index (κ1) is 12.6. The van der Waals surface area contributed by atoms with Gasteiger partial charge in [-0.2, -0.15) is 0 Å². The van der Waals surface area contributed by atoms with E-state index < -0.39 is 0 Å². The molecule has 0 aliphatic carbocycles. The van der Waals surface area contributed by atoms with E-state index >= 15 is 0 Å². The van der Waals surface area contributed by atoms with E-state index in [9.17, 15) is 4.79 Å². The van der Waals surface area contributed by atoms with E-state index in [2.05, 4.69) is 16.8 Å². The number of aliphatic hydroxyl groups is 1. The maximum atomic E-state index is 11.1. The molecule has 0 saturated heterocycles. The lowest BCUT2D eigenvalue weighted by molar-refractivity contribution is 0.101. The summed E-state index contributed by atoms with van der Waals surface area (Å²) < 4.78 is 0. The fourth-order valence-electron chi connectivity index (χ4n) is 1.51. The number of nitrogens with zero attached hydrogens (tertiary/aromatic N) is 2. The lowest BCUT2D eigenvalue weighted by Crippen LogP contribution is -2.24. The van der Waals surface area contributed by atoms with Crippen molar-refractivity contribution >= 4 is 11.5 Å². The van der Waals surface area contributed by atoms with Crippen LogP contribution in [0, 0.1) is 0 Å². The molecule has 0 aliphatic heterocycles. The Bertz CT molecular complexity index is 335. The van der Waals surface area contributed by atoms with Crippen molar-refractivity contribution in [3.8, 4) is 0 Å². The molecule has 0 saturated carbocycles. The summed E-state index contributed by atoms with van der Waals surface area (Å²) in [5.74, 6) is -0.0232. The third kappa shape index (κ3) is 3.31. The Hall–Kier alpha value is -1.42. The second-order valence-corrected chi connectivity index (χ2v) is 3.61. The van der Waals surface area contributed by atoms with Crippen molar-refractivity contribution in [1.82, 2.24) is 4.98 Å². The molecular formula is C12H18N2O2. The van der Waals surface area contributed by atoms with E-state index in [1.54, 1.807) is 12.3 Å². The van der Waals surface area contributed by atoms with Gasteiger partial charge in [-0.05, 0) is 25.5 Å². The molecule has 88 valence electrons. The van der Waals surface area contributed by atoms with Gasteiger partial charge in [-0.25, -0.2) is 0 Å². The summed E-state index contributed by atoms with van der Waals surface area (Å²) in [4.78, 5) is 17.3. The van der Waals surface area contributed by atoms with E-state index in [0.717, 1.165) is 25.2 Å². The van der Waals surface area contributed by atoms with Crippen molar-refractivity contribution in [3.63, 3.8) is 0 Å². The van der Waals surface area contributed by atoms with Gasteiger partial charge in [0.25, 0.3) is 0 Å². The third-order valence-corrected chi connectivity index (χ3v) is 2.44. The van der Waals surface area contributed by atoms with Gasteiger partial charge in [0.1, 0.15) is 5.69 Å². The molecular weight excluding hydrogens is 204 g/mol. The molecule has 0 spiro atoms. The van der Waals surface area contributed by atoms with Crippen LogP contribution in [0.25, 0.3) is 0 Å². The maximum absolute atomic E-state index is 11.1. The Morgan fingerprint density at radius 3 is 2.69 bits per heavy atom. The highest BCUT2D eigenvalue weighted by molar-refractivity contribution is 5.92. The standard InChI is InChI=1S/C12H18N2O2/c1-3-14(7-4-8-15)11-5-6-12(10(2)16)13-9-11/h5-6,9,15H,3-4,7-8H2,1-2H3. The molecule has 0 aliphatic rings. The molecule has 0 unspecified atom stereocenters. The quantitative estimate of drug-likeness (QED) is 0.741. The summed E-state index contributed by atoms with van der Waals surface area (Å²) in [5, 5.41) is 8.79. The van der Waals surface area contributed by atoms with Gasteiger partial charge in [-0.3, -0.25) is 9.78 Å². The van der Waals surface area contributed by atoms with E-state index in [0.29, 0.717) is 5.69 Å². The monoisotopic (exact) mass is 222 g/mol. The van der Waals surface area contributed by atoms with E-state index in [4.69, 9.17) is 5.11 Å². The SMILES string of the molecule is CCN(CCCO)c1ccc(C(C)=O)nc1. The number of hydrogen-bond acceptors (Lipinski definition) is 4. The zero-order valence-electron chi connectivity index (χ0n) is 9.81. The molecule has 0 aromatic carbocycles. The number of rotatable bonds is 6. The van der Waals surface area contributed by atoms with Crippen molar-refractivity contribution in [2.75, 3.05) is 24.6 Å². The summed E-state index contributed by atoms with van der Waals surface area (Å²) in [6.07, 6.45) is 2.44. The van der Waals surface area contributed by atoms with Gasteiger partial charge in [0.15, 0.2) is 5.78 Å². The molecule has 0 fully saturated rings. The van der Waals surface area contributed by atoms with Crippen LogP contribution in [0.2, 0.25) is 0 Å². The van der Waals surface area contributed by atoms with Crippen LogP contribution in [0.1, 0.15) is 30.8 Å². The average Bonchev–Trinajstić information content (AvgIpc) is 2.30.